The van der Waals surface area contributed by atoms with Crippen molar-refractivity contribution < 1.29 is 10.0 Å². The molecular weight excluding hydrogens is 228 g/mol. The number of hydrogen-bond donors (Lipinski definition) is 2. The summed E-state index contributed by atoms with van der Waals surface area (Å²) in [4.78, 5) is 4.85. The van der Waals surface area contributed by atoms with Gasteiger partial charge in [-0.1, -0.05) is 60.7 Å². The molecule has 94 valence electrons. The van der Waals surface area contributed by atoms with Gasteiger partial charge in [-0.15, -0.1) is 0 Å². The Hall–Kier alpha value is -1.72. The van der Waals surface area contributed by atoms with Crippen LogP contribution in [0.3, 0.4) is 0 Å². The fourth-order valence-corrected chi connectivity index (χ4v) is 1.79. The van der Waals surface area contributed by atoms with E-state index in [1.54, 1.807) is 0 Å². The molecular formula is C14H16N2O2. The number of rotatable bonds is 5. The predicted molar refractivity (Wildman–Crippen MR) is 68.2 cm³/mol. The zero-order chi connectivity index (χ0) is 12.8. The second-order valence-corrected chi connectivity index (χ2v) is 3.98. The van der Waals surface area contributed by atoms with Gasteiger partial charge in [-0.3, -0.25) is 4.84 Å². The summed E-state index contributed by atoms with van der Waals surface area (Å²) >= 11 is 0. The molecule has 0 aliphatic rings. The summed E-state index contributed by atoms with van der Waals surface area (Å²) in [5, 5.41) is 11.1. The first-order valence-electron chi connectivity index (χ1n) is 5.71. The summed E-state index contributed by atoms with van der Waals surface area (Å²) in [5.74, 6) is 5.26. The highest BCUT2D eigenvalue weighted by Gasteiger charge is 2.18. The predicted octanol–water partition coefficient (Wildman–Crippen LogP) is 2.47. The van der Waals surface area contributed by atoms with Crippen LogP contribution in [0, 0.1) is 0 Å². The van der Waals surface area contributed by atoms with E-state index in [2.05, 4.69) is 0 Å². The summed E-state index contributed by atoms with van der Waals surface area (Å²) in [6, 6.07) is 19.0. The quantitative estimate of drug-likeness (QED) is 0.626. The molecule has 0 bridgehead atoms. The van der Waals surface area contributed by atoms with Crippen LogP contribution in [0.1, 0.15) is 17.4 Å². The molecule has 1 atom stereocenters. The fraction of sp³-hybridized carbons (Fsp3) is 0.143. The third kappa shape index (κ3) is 3.15. The Morgan fingerprint density at radius 3 is 2.11 bits per heavy atom. The highest BCUT2D eigenvalue weighted by atomic mass is 16.7. The van der Waals surface area contributed by atoms with Crippen molar-refractivity contribution >= 4 is 0 Å². The van der Waals surface area contributed by atoms with Gasteiger partial charge in [-0.25, -0.2) is 5.90 Å². The van der Waals surface area contributed by atoms with Crippen molar-refractivity contribution in [3.05, 3.63) is 71.8 Å². The van der Waals surface area contributed by atoms with Gasteiger partial charge in [0, 0.05) is 0 Å². The Balaban J connectivity index is 2.09. The fourth-order valence-electron chi connectivity index (χ4n) is 1.79. The smallest absolute Gasteiger partial charge is 0.179 e. The minimum atomic E-state index is -0.675. The Morgan fingerprint density at radius 1 is 1.00 bits per heavy atom. The summed E-state index contributed by atoms with van der Waals surface area (Å²) in [6.45, 7) is 0.345. The molecule has 0 radical (unpaired) electrons. The average Bonchev–Trinajstić information content (AvgIpc) is 2.42. The second-order valence-electron chi connectivity index (χ2n) is 3.98. The van der Waals surface area contributed by atoms with Crippen molar-refractivity contribution in [3.63, 3.8) is 0 Å². The standard InChI is InChI=1S/C14H16N2O2/c15-18-14(13-9-5-2-6-10-13)16(17)11-12-7-3-1-4-8-12/h1-10,14,17H,11,15H2. The second kappa shape index (κ2) is 6.28. The van der Waals surface area contributed by atoms with Crippen LogP contribution in [0.25, 0.3) is 0 Å². The zero-order valence-corrected chi connectivity index (χ0v) is 9.94. The summed E-state index contributed by atoms with van der Waals surface area (Å²) < 4.78 is 0. The van der Waals surface area contributed by atoms with Crippen LogP contribution in [0.2, 0.25) is 0 Å². The molecule has 0 heterocycles. The minimum Gasteiger partial charge on any atom is -0.311 e. The zero-order valence-electron chi connectivity index (χ0n) is 9.94. The molecule has 3 N–H and O–H groups in total. The van der Waals surface area contributed by atoms with Crippen molar-refractivity contribution in [3.8, 4) is 0 Å². The molecule has 0 amide bonds. The Labute approximate surface area is 106 Å². The van der Waals surface area contributed by atoms with Gasteiger partial charge in [0.2, 0.25) is 0 Å². The van der Waals surface area contributed by atoms with Gasteiger partial charge in [0.15, 0.2) is 6.23 Å². The van der Waals surface area contributed by atoms with E-state index in [0.717, 1.165) is 16.2 Å². The lowest BCUT2D eigenvalue weighted by Crippen LogP contribution is -2.29. The molecule has 2 aromatic rings. The van der Waals surface area contributed by atoms with Crippen molar-refractivity contribution in [2.45, 2.75) is 12.8 Å². The van der Waals surface area contributed by atoms with Gasteiger partial charge in [0.05, 0.1) is 6.54 Å². The summed E-state index contributed by atoms with van der Waals surface area (Å²) in [6.07, 6.45) is -0.675. The van der Waals surface area contributed by atoms with Crippen LogP contribution in [0.4, 0.5) is 0 Å². The van der Waals surface area contributed by atoms with Gasteiger partial charge in [-0.2, -0.15) is 5.06 Å². The van der Waals surface area contributed by atoms with E-state index in [-0.39, 0.29) is 0 Å². The molecule has 18 heavy (non-hydrogen) atoms. The molecule has 2 rings (SSSR count). The lowest BCUT2D eigenvalue weighted by molar-refractivity contribution is -0.229. The normalized spacial score (nSPS) is 12.6. The van der Waals surface area contributed by atoms with Crippen molar-refractivity contribution in [1.82, 2.24) is 5.06 Å². The van der Waals surface area contributed by atoms with E-state index in [9.17, 15) is 5.21 Å². The monoisotopic (exact) mass is 244 g/mol. The van der Waals surface area contributed by atoms with Crippen LogP contribution in [-0.2, 0) is 11.4 Å². The van der Waals surface area contributed by atoms with Crippen LogP contribution in [0.15, 0.2) is 60.7 Å². The molecule has 0 fully saturated rings. The first kappa shape index (κ1) is 12.7. The third-order valence-corrected chi connectivity index (χ3v) is 2.67. The molecule has 1 unspecified atom stereocenters. The maximum Gasteiger partial charge on any atom is 0.179 e. The number of hydroxylamine groups is 2. The van der Waals surface area contributed by atoms with Crippen LogP contribution >= 0.6 is 0 Å². The van der Waals surface area contributed by atoms with Gasteiger partial charge in [-0.05, 0) is 11.1 Å². The molecule has 0 saturated carbocycles. The third-order valence-electron chi connectivity index (χ3n) is 2.67. The van der Waals surface area contributed by atoms with Gasteiger partial charge < -0.3 is 5.21 Å². The van der Waals surface area contributed by atoms with Crippen molar-refractivity contribution in [2.75, 3.05) is 0 Å². The molecule has 0 spiro atoms. The van der Waals surface area contributed by atoms with E-state index in [0.29, 0.717) is 6.54 Å². The molecule has 4 heteroatoms. The molecule has 2 aromatic carbocycles. The summed E-state index contributed by atoms with van der Waals surface area (Å²) in [7, 11) is 0. The molecule has 4 nitrogen and oxygen atoms in total. The largest absolute Gasteiger partial charge is 0.311 e. The Kier molecular flexibility index (Phi) is 4.44. The van der Waals surface area contributed by atoms with Crippen molar-refractivity contribution in [2.24, 2.45) is 5.90 Å². The van der Waals surface area contributed by atoms with Gasteiger partial charge in [0.25, 0.3) is 0 Å². The number of nitrogens with zero attached hydrogens (tertiary/aromatic N) is 1. The topological polar surface area (TPSA) is 58.7 Å². The van der Waals surface area contributed by atoms with E-state index >= 15 is 0 Å². The highest BCUT2D eigenvalue weighted by Crippen LogP contribution is 2.20. The number of nitrogens with two attached hydrogens (primary N) is 1. The minimum absolute atomic E-state index is 0.345. The van der Waals surface area contributed by atoms with Crippen LogP contribution in [-0.4, -0.2) is 10.3 Å². The maximum absolute atomic E-state index is 10.0. The Morgan fingerprint density at radius 2 is 1.56 bits per heavy atom. The van der Waals surface area contributed by atoms with E-state index in [4.69, 9.17) is 10.7 Å². The van der Waals surface area contributed by atoms with E-state index in [1.807, 2.05) is 60.7 Å². The molecule has 0 saturated heterocycles. The van der Waals surface area contributed by atoms with E-state index < -0.39 is 6.23 Å². The summed E-state index contributed by atoms with van der Waals surface area (Å²) in [5.41, 5.74) is 1.79. The first-order chi connectivity index (χ1) is 8.81. The van der Waals surface area contributed by atoms with E-state index in [1.165, 1.54) is 0 Å². The van der Waals surface area contributed by atoms with Crippen molar-refractivity contribution in [1.29, 1.82) is 0 Å². The first-order valence-corrected chi connectivity index (χ1v) is 5.71. The number of benzene rings is 2. The van der Waals surface area contributed by atoms with Gasteiger partial charge >= 0.3 is 0 Å². The lowest BCUT2D eigenvalue weighted by atomic mass is 10.1. The Bertz CT molecular complexity index is 462. The highest BCUT2D eigenvalue weighted by molar-refractivity contribution is 5.18. The average molecular weight is 244 g/mol. The molecule has 0 aliphatic heterocycles. The number of hydrogen-bond acceptors (Lipinski definition) is 4. The van der Waals surface area contributed by atoms with Crippen LogP contribution in [0.5, 0.6) is 0 Å². The molecule has 0 aliphatic carbocycles. The molecule has 0 aromatic heterocycles. The van der Waals surface area contributed by atoms with Gasteiger partial charge in [0.1, 0.15) is 0 Å². The SMILES string of the molecule is NOC(c1ccccc1)N(O)Cc1ccccc1. The maximum atomic E-state index is 10.0. The lowest BCUT2D eigenvalue weighted by Gasteiger charge is -2.24. The van der Waals surface area contributed by atoms with Crippen LogP contribution < -0.4 is 5.90 Å².